The Kier molecular flexibility index (Phi) is 15.4. The Bertz CT molecular complexity index is 2200. The lowest BCUT2D eigenvalue weighted by Gasteiger charge is -2.45. The fourth-order valence-electron chi connectivity index (χ4n) is 7.18. The van der Waals surface area contributed by atoms with Crippen molar-refractivity contribution in [2.75, 3.05) is 7.11 Å². The summed E-state index contributed by atoms with van der Waals surface area (Å²) < 4.78 is 35.8. The van der Waals surface area contributed by atoms with E-state index in [9.17, 15) is 19.5 Å². The average molecular weight is 902 g/mol. The summed E-state index contributed by atoms with van der Waals surface area (Å²) in [5.74, 6) is 0.0155. The summed E-state index contributed by atoms with van der Waals surface area (Å²) in [6.45, 7) is 27.2. The molecule has 0 spiro atoms. The van der Waals surface area contributed by atoms with E-state index in [0.29, 0.717) is 18.8 Å². The number of aromatic nitrogens is 2. The molecule has 1 saturated heterocycles. The van der Waals surface area contributed by atoms with E-state index in [1.807, 2.05) is 65.6 Å². The van der Waals surface area contributed by atoms with Gasteiger partial charge in [-0.3, -0.25) is 23.6 Å². The van der Waals surface area contributed by atoms with Gasteiger partial charge in [-0.15, -0.1) is 0 Å². The first-order valence-corrected chi connectivity index (χ1v) is 27.7. The molecule has 14 heteroatoms. The number of ether oxygens (including phenoxy) is 3. The van der Waals surface area contributed by atoms with E-state index >= 15 is 0 Å². The van der Waals surface area contributed by atoms with Gasteiger partial charge < -0.3 is 28.2 Å². The molecule has 6 atom stereocenters. The molecule has 1 aliphatic rings. The monoisotopic (exact) mass is 901 g/mol. The van der Waals surface area contributed by atoms with E-state index in [-0.39, 0.29) is 16.6 Å². The quantitative estimate of drug-likeness (QED) is 0.0863. The van der Waals surface area contributed by atoms with E-state index in [2.05, 4.69) is 67.7 Å². The molecule has 2 heterocycles. The lowest BCUT2D eigenvalue weighted by molar-refractivity contribution is -0.175. The third-order valence-electron chi connectivity index (χ3n) is 12.7. The van der Waals surface area contributed by atoms with Crippen molar-refractivity contribution in [1.82, 2.24) is 14.0 Å². The first kappa shape index (κ1) is 49.9. The Morgan fingerprint density at radius 3 is 1.68 bits per heavy atom. The largest absolute Gasteiger partial charge is 0.497 e. The van der Waals surface area contributed by atoms with Gasteiger partial charge in [-0.2, -0.15) is 0 Å². The molecule has 1 N–H and O–H groups in total. The molecule has 12 nitrogen and oxygen atoms in total. The molecule has 2 unspecified atom stereocenters. The second-order valence-corrected chi connectivity index (χ2v) is 30.3. The molecule has 0 saturated carbocycles. The summed E-state index contributed by atoms with van der Waals surface area (Å²) in [5, 5.41) is 12.6. The second-order valence-electron chi connectivity index (χ2n) is 20.8. The van der Waals surface area contributed by atoms with Crippen molar-refractivity contribution in [3.8, 4) is 5.75 Å². The van der Waals surface area contributed by atoms with Crippen molar-refractivity contribution in [2.24, 2.45) is 0 Å². The van der Waals surface area contributed by atoms with Crippen LogP contribution in [0.3, 0.4) is 0 Å². The van der Waals surface area contributed by atoms with Crippen LogP contribution >= 0.6 is 0 Å². The Hall–Kier alpha value is -4.16. The average Bonchev–Trinajstić information content (AvgIpc) is 3.51. The van der Waals surface area contributed by atoms with E-state index in [0.717, 1.165) is 21.3 Å². The van der Waals surface area contributed by atoms with Crippen molar-refractivity contribution in [2.45, 2.75) is 160 Å². The molecule has 63 heavy (non-hydrogen) atoms. The maximum absolute atomic E-state index is 14.8. The van der Waals surface area contributed by atoms with Crippen molar-refractivity contribution >= 4 is 22.6 Å². The van der Waals surface area contributed by atoms with E-state index in [4.69, 9.17) is 23.1 Å². The zero-order valence-corrected chi connectivity index (χ0v) is 41.9. The first-order valence-electron chi connectivity index (χ1n) is 21.9. The number of nitrogens with zero attached hydrogens (tertiary/aromatic N) is 3. The Morgan fingerprint density at radius 1 is 0.730 bits per heavy atom. The topological polar surface area (TPSA) is 131 Å². The molecule has 1 fully saturated rings. The Labute approximate surface area is 376 Å². The molecular formula is C49H71N3O9Si2. The molecule has 0 amide bonds. The molecule has 0 aliphatic carbocycles. The molecule has 0 bridgehead atoms. The number of carbonyl (C=O) groups excluding carboxylic acids is 1. The minimum atomic E-state index is -2.73. The lowest BCUT2D eigenvalue weighted by Crippen LogP contribution is -2.59. The summed E-state index contributed by atoms with van der Waals surface area (Å²) in [5.41, 5.74) is 0.581. The number of aliphatic hydroxyl groups is 1. The van der Waals surface area contributed by atoms with Crippen LogP contribution in [-0.2, 0) is 42.8 Å². The molecule has 1 aliphatic heterocycles. The highest BCUT2D eigenvalue weighted by molar-refractivity contribution is 6.74. The number of rotatable bonds is 16. The van der Waals surface area contributed by atoms with Crippen molar-refractivity contribution in [1.29, 1.82) is 0 Å². The van der Waals surface area contributed by atoms with Crippen LogP contribution in [0, 0.1) is 0 Å². The van der Waals surface area contributed by atoms with Gasteiger partial charge in [0.25, 0.3) is 5.56 Å². The van der Waals surface area contributed by atoms with Crippen LogP contribution in [0.15, 0.2) is 107 Å². The number of carbonyl (C=O) groups is 1. The van der Waals surface area contributed by atoms with Gasteiger partial charge in [0.15, 0.2) is 22.9 Å². The van der Waals surface area contributed by atoms with E-state index < -0.39 is 76.1 Å². The maximum Gasteiger partial charge on any atom is 0.333 e. The number of hydrogen-bond acceptors (Lipinski definition) is 10. The fraction of sp³-hybridized carbons (Fsp3) is 0.531. The number of methoxy groups -OCH3 is 1. The minimum Gasteiger partial charge on any atom is -0.497 e. The van der Waals surface area contributed by atoms with Gasteiger partial charge in [0.1, 0.15) is 41.8 Å². The SMILES string of the molecule is COc1ccc(Cn2c(=O)ccn([C@@H]3O[C@H]([C@H](O)[C@@H](C(=O)OC(C)(C)C)N(Cc4ccccc4)Cc4ccccc4)C(O[Si](C)(C)C(C)(C)C)C3O[Si](C)(C)C(C)(C)C)c2=O)cc1. The standard InChI is InChI=1S/C49H71N3O9Si2/c1-47(2,3)59-45(55)39(50(31-34-21-17-15-18-22-34)32-35-23-19-16-20-24-35)40(54)41-42(60-62(11,12)48(4,5)6)43(61-63(13,14)49(7,8)9)44(58-41)51-30-29-38(53)52(46(51)56)33-36-25-27-37(57-10)28-26-36/h15-30,39-44,54H,31-33H2,1-14H3/t39-,40+,41+,42?,43?,44+/m0/s1. The number of aliphatic hydroxyl groups excluding tert-OH is 1. The van der Waals surface area contributed by atoms with Gasteiger partial charge in [-0.25, -0.2) is 4.79 Å². The predicted octanol–water partition coefficient (Wildman–Crippen LogP) is 8.52. The van der Waals surface area contributed by atoms with Crippen molar-refractivity contribution in [3.05, 3.63) is 135 Å². The number of benzene rings is 3. The van der Waals surface area contributed by atoms with Crippen LogP contribution in [0.1, 0.15) is 85.2 Å². The molecule has 344 valence electrons. The summed E-state index contributed by atoms with van der Waals surface area (Å²) >= 11 is 0. The summed E-state index contributed by atoms with van der Waals surface area (Å²) in [6.07, 6.45) is -4.41. The van der Waals surface area contributed by atoms with Crippen molar-refractivity contribution in [3.63, 3.8) is 0 Å². The number of esters is 1. The fourth-order valence-corrected chi connectivity index (χ4v) is 9.76. The normalized spacial score (nSPS) is 19.8. The molecule has 4 aromatic rings. The number of hydrogen-bond donors (Lipinski definition) is 1. The Balaban J connectivity index is 1.74. The first-order chi connectivity index (χ1) is 29.2. The highest BCUT2D eigenvalue weighted by atomic mass is 28.4. The predicted molar refractivity (Wildman–Crippen MR) is 253 cm³/mol. The maximum atomic E-state index is 14.8. The molecule has 0 radical (unpaired) electrons. The highest BCUT2D eigenvalue weighted by Crippen LogP contribution is 2.46. The van der Waals surface area contributed by atoms with Crippen LogP contribution in [-0.4, -0.2) is 84.9 Å². The van der Waals surface area contributed by atoms with Crippen LogP contribution in [0.25, 0.3) is 0 Å². The van der Waals surface area contributed by atoms with Gasteiger partial charge in [0, 0.05) is 25.4 Å². The smallest absolute Gasteiger partial charge is 0.333 e. The zero-order valence-electron chi connectivity index (χ0n) is 39.9. The summed E-state index contributed by atoms with van der Waals surface area (Å²) in [4.78, 5) is 45.0. The second kappa shape index (κ2) is 19.5. The molecule has 1 aromatic heterocycles. The van der Waals surface area contributed by atoms with Crippen LogP contribution in [0.2, 0.25) is 36.3 Å². The van der Waals surface area contributed by atoms with Gasteiger partial charge in [-0.1, -0.05) is 114 Å². The van der Waals surface area contributed by atoms with E-state index in [1.165, 1.54) is 16.8 Å². The van der Waals surface area contributed by atoms with Crippen LogP contribution in [0.5, 0.6) is 5.75 Å². The van der Waals surface area contributed by atoms with Gasteiger partial charge in [0.2, 0.25) is 0 Å². The zero-order chi connectivity index (χ0) is 46.7. The minimum absolute atomic E-state index is 0.00637. The van der Waals surface area contributed by atoms with Gasteiger partial charge >= 0.3 is 11.7 Å². The summed E-state index contributed by atoms with van der Waals surface area (Å²) in [7, 11) is -3.87. The lowest BCUT2D eigenvalue weighted by atomic mass is 9.97. The third-order valence-corrected chi connectivity index (χ3v) is 21.7. The van der Waals surface area contributed by atoms with E-state index in [1.54, 1.807) is 52.1 Å². The van der Waals surface area contributed by atoms with Gasteiger partial charge in [-0.05, 0) is 85.9 Å². The Morgan fingerprint density at radius 2 is 1.22 bits per heavy atom. The van der Waals surface area contributed by atoms with Crippen LogP contribution in [0.4, 0.5) is 0 Å². The summed E-state index contributed by atoms with van der Waals surface area (Å²) in [6, 6.07) is 26.8. The third kappa shape index (κ3) is 12.2. The highest BCUT2D eigenvalue weighted by Gasteiger charge is 2.58. The molecular weight excluding hydrogens is 831 g/mol. The van der Waals surface area contributed by atoms with Crippen molar-refractivity contribution < 1.29 is 33.0 Å². The molecule has 3 aromatic carbocycles. The molecule has 5 rings (SSSR count). The van der Waals surface area contributed by atoms with Gasteiger partial charge in [0.05, 0.1) is 13.7 Å². The van der Waals surface area contributed by atoms with Crippen LogP contribution < -0.4 is 16.0 Å².